The minimum atomic E-state index is 0.656. The van der Waals surface area contributed by atoms with E-state index in [1.54, 1.807) is 7.11 Å². The third-order valence-electron chi connectivity index (χ3n) is 3.82. The van der Waals surface area contributed by atoms with Gasteiger partial charge in [-0.1, -0.05) is 0 Å². The number of nitrogens with zero attached hydrogens (tertiary/aromatic N) is 3. The van der Waals surface area contributed by atoms with Crippen LogP contribution in [0.1, 0.15) is 31.7 Å². The van der Waals surface area contributed by atoms with Crippen LogP contribution < -0.4 is 15.5 Å². The van der Waals surface area contributed by atoms with Gasteiger partial charge in [0.15, 0.2) is 5.96 Å². The Hall–Kier alpha value is -1.82. The van der Waals surface area contributed by atoms with Gasteiger partial charge in [0, 0.05) is 46.1 Å². The number of ether oxygens (including phenoxy) is 1. The molecule has 128 valence electrons. The average molecular weight is 319 g/mol. The van der Waals surface area contributed by atoms with E-state index in [9.17, 15) is 0 Å². The molecular formula is C17H29N5O. The number of aromatic nitrogens is 1. The molecule has 1 aromatic heterocycles. The van der Waals surface area contributed by atoms with Gasteiger partial charge in [0.2, 0.25) is 0 Å². The Morgan fingerprint density at radius 3 is 2.91 bits per heavy atom. The molecule has 6 nitrogen and oxygen atoms in total. The van der Waals surface area contributed by atoms with Crippen molar-refractivity contribution in [1.29, 1.82) is 0 Å². The molecule has 1 aliphatic rings. The second-order valence-electron chi connectivity index (χ2n) is 5.68. The summed E-state index contributed by atoms with van der Waals surface area (Å²) in [6.07, 6.45) is 5.38. The summed E-state index contributed by atoms with van der Waals surface area (Å²) in [5.41, 5.74) is 1.19. The second kappa shape index (κ2) is 10.0. The minimum Gasteiger partial charge on any atom is -0.385 e. The predicted molar refractivity (Wildman–Crippen MR) is 95.0 cm³/mol. The smallest absolute Gasteiger partial charge is 0.191 e. The number of nitrogens with one attached hydrogen (secondary N) is 2. The van der Waals surface area contributed by atoms with Crippen LogP contribution in [0.15, 0.2) is 23.3 Å². The van der Waals surface area contributed by atoms with Crippen LogP contribution in [0.2, 0.25) is 0 Å². The van der Waals surface area contributed by atoms with Gasteiger partial charge in [-0.2, -0.15) is 0 Å². The minimum absolute atomic E-state index is 0.656. The fraction of sp³-hybridized carbons (Fsp3) is 0.647. The van der Waals surface area contributed by atoms with Gasteiger partial charge in [0.1, 0.15) is 5.82 Å². The fourth-order valence-electron chi connectivity index (χ4n) is 2.61. The summed E-state index contributed by atoms with van der Waals surface area (Å²) in [6, 6.07) is 4.20. The van der Waals surface area contributed by atoms with Crippen LogP contribution >= 0.6 is 0 Å². The molecule has 2 heterocycles. The van der Waals surface area contributed by atoms with Gasteiger partial charge in [0.05, 0.1) is 6.54 Å². The molecule has 0 atom stereocenters. The van der Waals surface area contributed by atoms with E-state index in [1.807, 2.05) is 12.3 Å². The van der Waals surface area contributed by atoms with Crippen molar-refractivity contribution in [3.63, 3.8) is 0 Å². The van der Waals surface area contributed by atoms with E-state index in [2.05, 4.69) is 38.5 Å². The molecule has 1 saturated heterocycles. The number of pyridine rings is 1. The van der Waals surface area contributed by atoms with Gasteiger partial charge in [-0.3, -0.25) is 0 Å². The predicted octanol–water partition coefficient (Wildman–Crippen LogP) is 1.77. The first-order valence-electron chi connectivity index (χ1n) is 8.54. The molecule has 2 N–H and O–H groups in total. The zero-order chi connectivity index (χ0) is 16.3. The molecule has 0 amide bonds. The summed E-state index contributed by atoms with van der Waals surface area (Å²) in [6.45, 7) is 7.43. The van der Waals surface area contributed by atoms with Crippen LogP contribution in [-0.4, -0.2) is 50.8 Å². The first-order valence-corrected chi connectivity index (χ1v) is 8.54. The largest absolute Gasteiger partial charge is 0.385 e. The molecule has 0 bridgehead atoms. The van der Waals surface area contributed by atoms with Crippen molar-refractivity contribution >= 4 is 11.8 Å². The van der Waals surface area contributed by atoms with E-state index < -0.39 is 0 Å². The standard InChI is InChI=1S/C17H29N5O/c1-3-18-17(20-8-6-12-23-2)21-14-15-7-9-19-16(13-15)22-10-4-5-11-22/h7,9,13H,3-6,8,10-12,14H2,1-2H3,(H2,18,20,21). The lowest BCUT2D eigenvalue weighted by Gasteiger charge is -2.16. The lowest BCUT2D eigenvalue weighted by atomic mass is 10.2. The topological polar surface area (TPSA) is 61.8 Å². The fourth-order valence-corrected chi connectivity index (χ4v) is 2.61. The molecule has 2 rings (SSSR count). The maximum Gasteiger partial charge on any atom is 0.191 e. The number of hydrogen-bond acceptors (Lipinski definition) is 4. The molecule has 1 fully saturated rings. The van der Waals surface area contributed by atoms with Crippen molar-refractivity contribution < 1.29 is 4.74 Å². The molecule has 1 aromatic rings. The van der Waals surface area contributed by atoms with Crippen LogP contribution in [0.3, 0.4) is 0 Å². The number of rotatable bonds is 8. The third-order valence-corrected chi connectivity index (χ3v) is 3.82. The molecule has 6 heteroatoms. The van der Waals surface area contributed by atoms with Gasteiger partial charge in [-0.05, 0) is 43.9 Å². The maximum atomic E-state index is 5.06. The highest BCUT2D eigenvalue weighted by Gasteiger charge is 2.13. The summed E-state index contributed by atoms with van der Waals surface area (Å²) in [4.78, 5) is 11.5. The highest BCUT2D eigenvalue weighted by Crippen LogP contribution is 2.18. The number of hydrogen-bond donors (Lipinski definition) is 2. The SMILES string of the molecule is CCNC(=NCc1ccnc(N2CCCC2)c1)NCCCOC. The Labute approximate surface area is 139 Å². The quantitative estimate of drug-likeness (QED) is 0.434. The molecule has 0 aliphatic carbocycles. The van der Waals surface area contributed by atoms with E-state index >= 15 is 0 Å². The Morgan fingerprint density at radius 1 is 1.35 bits per heavy atom. The summed E-state index contributed by atoms with van der Waals surface area (Å²) in [7, 11) is 1.72. The Balaban J connectivity index is 1.90. The molecule has 23 heavy (non-hydrogen) atoms. The normalized spacial score (nSPS) is 15.0. The van der Waals surface area contributed by atoms with E-state index in [4.69, 9.17) is 4.74 Å². The molecule has 0 unspecified atom stereocenters. The van der Waals surface area contributed by atoms with Crippen molar-refractivity contribution in [3.05, 3.63) is 23.9 Å². The first kappa shape index (κ1) is 17.5. The van der Waals surface area contributed by atoms with Crippen LogP contribution in [0.4, 0.5) is 5.82 Å². The number of anilines is 1. The molecule has 0 aromatic carbocycles. The van der Waals surface area contributed by atoms with Crippen molar-refractivity contribution in [3.8, 4) is 0 Å². The van der Waals surface area contributed by atoms with Crippen LogP contribution in [0, 0.1) is 0 Å². The Kier molecular flexibility index (Phi) is 7.66. The van der Waals surface area contributed by atoms with Crippen molar-refractivity contribution in [2.75, 3.05) is 44.8 Å². The van der Waals surface area contributed by atoms with E-state index in [0.29, 0.717) is 6.54 Å². The number of methoxy groups -OCH3 is 1. The molecule has 1 aliphatic heterocycles. The van der Waals surface area contributed by atoms with E-state index in [1.165, 1.54) is 18.4 Å². The van der Waals surface area contributed by atoms with Crippen LogP contribution in [-0.2, 0) is 11.3 Å². The van der Waals surface area contributed by atoms with Gasteiger partial charge in [-0.25, -0.2) is 9.98 Å². The molecular weight excluding hydrogens is 290 g/mol. The average Bonchev–Trinajstić information content (AvgIpc) is 3.11. The van der Waals surface area contributed by atoms with E-state index in [0.717, 1.165) is 51.0 Å². The Morgan fingerprint density at radius 2 is 2.17 bits per heavy atom. The van der Waals surface area contributed by atoms with E-state index in [-0.39, 0.29) is 0 Å². The zero-order valence-corrected chi connectivity index (χ0v) is 14.3. The van der Waals surface area contributed by atoms with Gasteiger partial charge < -0.3 is 20.3 Å². The highest BCUT2D eigenvalue weighted by atomic mass is 16.5. The van der Waals surface area contributed by atoms with Crippen LogP contribution in [0.5, 0.6) is 0 Å². The van der Waals surface area contributed by atoms with Gasteiger partial charge in [-0.15, -0.1) is 0 Å². The lowest BCUT2D eigenvalue weighted by Crippen LogP contribution is -2.38. The number of guanidine groups is 1. The molecule has 0 spiro atoms. The monoisotopic (exact) mass is 319 g/mol. The summed E-state index contributed by atoms with van der Waals surface area (Å²) in [5, 5.41) is 6.60. The zero-order valence-electron chi connectivity index (χ0n) is 14.3. The highest BCUT2D eigenvalue weighted by molar-refractivity contribution is 5.79. The van der Waals surface area contributed by atoms with Gasteiger partial charge >= 0.3 is 0 Å². The van der Waals surface area contributed by atoms with Crippen molar-refractivity contribution in [1.82, 2.24) is 15.6 Å². The van der Waals surface area contributed by atoms with Crippen LogP contribution in [0.25, 0.3) is 0 Å². The van der Waals surface area contributed by atoms with Crippen molar-refractivity contribution in [2.24, 2.45) is 4.99 Å². The lowest BCUT2D eigenvalue weighted by molar-refractivity contribution is 0.195. The van der Waals surface area contributed by atoms with Crippen molar-refractivity contribution in [2.45, 2.75) is 32.7 Å². The first-order chi connectivity index (χ1) is 11.3. The summed E-state index contributed by atoms with van der Waals surface area (Å²) in [5.74, 6) is 1.93. The molecule has 0 radical (unpaired) electrons. The second-order valence-corrected chi connectivity index (χ2v) is 5.68. The maximum absolute atomic E-state index is 5.06. The summed E-state index contributed by atoms with van der Waals surface area (Å²) < 4.78 is 5.06. The number of aliphatic imine (C=N–C) groups is 1. The summed E-state index contributed by atoms with van der Waals surface area (Å²) >= 11 is 0. The Bertz CT molecular complexity index is 486. The molecule has 0 saturated carbocycles. The van der Waals surface area contributed by atoms with Gasteiger partial charge in [0.25, 0.3) is 0 Å². The third kappa shape index (κ3) is 6.06.